The van der Waals surface area contributed by atoms with Crippen molar-refractivity contribution in [2.75, 3.05) is 0 Å². The smallest absolute Gasteiger partial charge is 0.487 e. The molecule has 5 nitrogen and oxygen atoms in total. The molecule has 21 heavy (non-hydrogen) atoms. The Morgan fingerprint density at radius 3 is 2.48 bits per heavy atom. The summed E-state index contributed by atoms with van der Waals surface area (Å²) < 4.78 is 68.0. The lowest BCUT2D eigenvalue weighted by atomic mass is 9.93. The Morgan fingerprint density at radius 2 is 1.90 bits per heavy atom. The van der Waals surface area contributed by atoms with Crippen molar-refractivity contribution in [1.29, 1.82) is 0 Å². The molecule has 116 valence electrons. The summed E-state index contributed by atoms with van der Waals surface area (Å²) >= 11 is 0. The van der Waals surface area contributed by atoms with Crippen LogP contribution in [0.4, 0.5) is 13.2 Å². The van der Waals surface area contributed by atoms with E-state index in [0.717, 1.165) is 12.1 Å². The van der Waals surface area contributed by atoms with Crippen molar-refractivity contribution < 1.29 is 35.3 Å². The number of Topliss-reactive ketones (excluding diaryl/α,β-unsaturated/α-hetero) is 1. The molecule has 9 heteroatoms. The van der Waals surface area contributed by atoms with Crippen LogP contribution in [0.25, 0.3) is 0 Å². The van der Waals surface area contributed by atoms with E-state index >= 15 is 0 Å². The fourth-order valence-corrected chi connectivity index (χ4v) is 2.31. The third-order valence-corrected chi connectivity index (χ3v) is 3.69. The molecule has 0 aliphatic carbocycles. The van der Waals surface area contributed by atoms with Crippen molar-refractivity contribution in [3.63, 3.8) is 0 Å². The number of alkyl halides is 3. The van der Waals surface area contributed by atoms with E-state index in [1.165, 1.54) is 6.07 Å². The summed E-state index contributed by atoms with van der Waals surface area (Å²) in [5.41, 5.74) is -6.28. The van der Waals surface area contributed by atoms with Gasteiger partial charge < -0.3 is 8.92 Å². The van der Waals surface area contributed by atoms with Crippen LogP contribution < -0.4 is 8.92 Å². The van der Waals surface area contributed by atoms with E-state index in [1.54, 1.807) is 13.8 Å². The number of rotatable bonds is 2. The molecule has 0 aromatic heterocycles. The standard InChI is InChI=1S/C12H11F3O5S/c1-11(2)6-9(16)8-5-7(3-4-10(8)19-11)20-21(17,18)12(13,14)15/h3-5H,6H2,1-2H3. The summed E-state index contributed by atoms with van der Waals surface area (Å²) in [5.74, 6) is -0.785. The summed E-state index contributed by atoms with van der Waals surface area (Å²) in [5, 5.41) is 0. The highest BCUT2D eigenvalue weighted by Crippen LogP contribution is 2.36. The first-order valence-electron chi connectivity index (χ1n) is 5.78. The van der Waals surface area contributed by atoms with Gasteiger partial charge in [-0.1, -0.05) is 0 Å². The summed E-state index contributed by atoms with van der Waals surface area (Å²) in [6.45, 7) is 3.37. The van der Waals surface area contributed by atoms with Crippen LogP contribution in [0.3, 0.4) is 0 Å². The number of benzene rings is 1. The van der Waals surface area contributed by atoms with E-state index in [2.05, 4.69) is 4.18 Å². The zero-order valence-corrected chi connectivity index (χ0v) is 11.8. The van der Waals surface area contributed by atoms with Crippen molar-refractivity contribution in [1.82, 2.24) is 0 Å². The van der Waals surface area contributed by atoms with Crippen LogP contribution in [0.2, 0.25) is 0 Å². The molecular weight excluding hydrogens is 313 g/mol. The van der Waals surface area contributed by atoms with Gasteiger partial charge in [-0.25, -0.2) is 0 Å². The highest BCUT2D eigenvalue weighted by atomic mass is 32.2. The minimum absolute atomic E-state index is 0.0100. The van der Waals surface area contributed by atoms with Gasteiger partial charge in [0, 0.05) is 0 Å². The molecule has 0 fully saturated rings. The monoisotopic (exact) mass is 324 g/mol. The normalized spacial score (nSPS) is 17.9. The Kier molecular flexibility index (Phi) is 3.43. The summed E-state index contributed by atoms with van der Waals surface area (Å²) in [6.07, 6.45) is 0.0233. The predicted octanol–water partition coefficient (Wildman–Crippen LogP) is 2.66. The number of ketones is 1. The highest BCUT2D eigenvalue weighted by molar-refractivity contribution is 7.88. The van der Waals surface area contributed by atoms with Gasteiger partial charge in [0.25, 0.3) is 0 Å². The maximum atomic E-state index is 12.2. The van der Waals surface area contributed by atoms with Gasteiger partial charge >= 0.3 is 15.6 Å². The van der Waals surface area contributed by atoms with E-state index in [0.29, 0.717) is 0 Å². The second kappa shape index (κ2) is 4.62. The molecule has 0 unspecified atom stereocenters. The first-order valence-corrected chi connectivity index (χ1v) is 7.19. The van der Waals surface area contributed by atoms with Gasteiger partial charge in [-0.2, -0.15) is 21.6 Å². The van der Waals surface area contributed by atoms with Crippen molar-refractivity contribution in [3.8, 4) is 11.5 Å². The van der Waals surface area contributed by atoms with Crippen molar-refractivity contribution in [2.24, 2.45) is 0 Å². The lowest BCUT2D eigenvalue weighted by Gasteiger charge is -2.31. The van der Waals surface area contributed by atoms with Gasteiger partial charge in [0.1, 0.15) is 17.1 Å². The second-order valence-corrected chi connectivity index (χ2v) is 6.64. The average molecular weight is 324 g/mol. The van der Waals surface area contributed by atoms with Gasteiger partial charge in [-0.3, -0.25) is 4.79 Å². The molecule has 0 N–H and O–H groups in total. The van der Waals surface area contributed by atoms with Crippen LogP contribution in [-0.2, 0) is 10.1 Å². The first-order chi connectivity index (χ1) is 9.41. The van der Waals surface area contributed by atoms with E-state index in [4.69, 9.17) is 4.74 Å². The van der Waals surface area contributed by atoms with E-state index < -0.39 is 27.0 Å². The average Bonchev–Trinajstić information content (AvgIpc) is 2.26. The predicted molar refractivity (Wildman–Crippen MR) is 65.7 cm³/mol. The zero-order chi connectivity index (χ0) is 16.1. The van der Waals surface area contributed by atoms with Gasteiger partial charge in [0.05, 0.1) is 12.0 Å². The van der Waals surface area contributed by atoms with Gasteiger partial charge in [0.2, 0.25) is 0 Å². The largest absolute Gasteiger partial charge is 0.534 e. The molecular formula is C12H11F3O5S. The molecule has 1 aromatic carbocycles. The number of hydrogen-bond donors (Lipinski definition) is 0. The number of ether oxygens (including phenoxy) is 1. The van der Waals surface area contributed by atoms with Crippen molar-refractivity contribution in [2.45, 2.75) is 31.4 Å². The summed E-state index contributed by atoms with van der Waals surface area (Å²) in [7, 11) is -5.77. The Labute approximate surface area is 118 Å². The third-order valence-electron chi connectivity index (χ3n) is 2.71. The maximum Gasteiger partial charge on any atom is 0.534 e. The number of halogens is 3. The van der Waals surface area contributed by atoms with Crippen LogP contribution in [-0.4, -0.2) is 25.3 Å². The number of carbonyl (C=O) groups is 1. The Bertz CT molecular complexity index is 691. The fourth-order valence-electron chi connectivity index (χ4n) is 1.86. The molecule has 1 aliphatic rings. The maximum absolute atomic E-state index is 12.2. The lowest BCUT2D eigenvalue weighted by molar-refractivity contribution is -0.0500. The molecule has 1 heterocycles. The first kappa shape index (κ1) is 15.6. The molecule has 0 spiro atoms. The SMILES string of the molecule is CC1(C)CC(=O)c2cc(OS(=O)(=O)C(F)(F)F)ccc2O1. The molecule has 1 aliphatic heterocycles. The molecule has 0 saturated heterocycles. The molecule has 0 radical (unpaired) electrons. The minimum Gasteiger partial charge on any atom is -0.487 e. The minimum atomic E-state index is -5.77. The quantitative estimate of drug-likeness (QED) is 0.618. The second-order valence-electron chi connectivity index (χ2n) is 5.10. The third kappa shape index (κ3) is 3.12. The fraction of sp³-hybridized carbons (Fsp3) is 0.417. The molecule has 0 saturated carbocycles. The summed E-state index contributed by atoms with van der Waals surface area (Å²) in [6, 6.07) is 3.13. The van der Waals surface area contributed by atoms with Crippen molar-refractivity contribution in [3.05, 3.63) is 23.8 Å². The molecule has 0 atom stereocenters. The van der Waals surface area contributed by atoms with Crippen LogP contribution >= 0.6 is 0 Å². The van der Waals surface area contributed by atoms with Crippen LogP contribution in [0.5, 0.6) is 11.5 Å². The lowest BCUT2D eigenvalue weighted by Crippen LogP contribution is -2.36. The zero-order valence-electron chi connectivity index (χ0n) is 11.0. The van der Waals surface area contributed by atoms with E-state index in [-0.39, 0.29) is 23.5 Å². The highest BCUT2D eigenvalue weighted by Gasteiger charge is 2.48. The van der Waals surface area contributed by atoms with Gasteiger partial charge in [-0.05, 0) is 32.0 Å². The number of hydrogen-bond acceptors (Lipinski definition) is 5. The Hall–Kier alpha value is -1.77. The van der Waals surface area contributed by atoms with E-state index in [1.807, 2.05) is 0 Å². The summed E-state index contributed by atoms with van der Waals surface area (Å²) in [4.78, 5) is 11.9. The Balaban J connectivity index is 2.36. The topological polar surface area (TPSA) is 69.7 Å². The van der Waals surface area contributed by atoms with Crippen molar-refractivity contribution >= 4 is 15.9 Å². The van der Waals surface area contributed by atoms with Gasteiger partial charge in [-0.15, -0.1) is 0 Å². The van der Waals surface area contributed by atoms with Gasteiger partial charge in [0.15, 0.2) is 5.78 Å². The molecule has 2 rings (SSSR count). The number of carbonyl (C=O) groups excluding carboxylic acids is 1. The molecule has 0 bridgehead atoms. The Morgan fingerprint density at radius 1 is 1.29 bits per heavy atom. The van der Waals surface area contributed by atoms with Crippen LogP contribution in [0.15, 0.2) is 18.2 Å². The molecule has 0 amide bonds. The van der Waals surface area contributed by atoms with E-state index in [9.17, 15) is 26.4 Å². The molecule has 1 aromatic rings. The van der Waals surface area contributed by atoms with Crippen LogP contribution in [0.1, 0.15) is 30.6 Å². The number of fused-ring (bicyclic) bond motifs is 1. The van der Waals surface area contributed by atoms with Crippen LogP contribution in [0, 0.1) is 0 Å².